The molecule has 0 unspecified atom stereocenters. The lowest BCUT2D eigenvalue weighted by Gasteiger charge is -2.18. The van der Waals surface area contributed by atoms with Gasteiger partial charge in [0.2, 0.25) is 0 Å². The van der Waals surface area contributed by atoms with E-state index in [0.29, 0.717) is 11.1 Å². The highest BCUT2D eigenvalue weighted by Crippen LogP contribution is 2.37. The number of hydrogen-bond acceptors (Lipinski definition) is 2. The monoisotopic (exact) mass is 388 g/mol. The second-order valence-electron chi connectivity index (χ2n) is 6.97. The molecule has 30 heavy (non-hydrogen) atoms. The van der Waals surface area contributed by atoms with Crippen molar-refractivity contribution in [2.45, 2.75) is 0 Å². The Balaban J connectivity index is 2.14. The molecule has 0 aliphatic carbocycles. The summed E-state index contributed by atoms with van der Waals surface area (Å²) in [5.74, 6) is 0. The molecule has 4 aromatic carbocycles. The molecule has 2 nitrogen and oxygen atoms in total. The lowest BCUT2D eigenvalue weighted by Crippen LogP contribution is -1.99. The van der Waals surface area contributed by atoms with Crippen LogP contribution in [0.5, 0.6) is 0 Å². The molecular formula is C28H20O2. The van der Waals surface area contributed by atoms with Crippen molar-refractivity contribution in [3.63, 3.8) is 0 Å². The summed E-state index contributed by atoms with van der Waals surface area (Å²) in [6, 6.07) is 35.7. The molecular weight excluding hydrogens is 368 g/mol. The smallest absolute Gasteiger partial charge is 0.150 e. The summed E-state index contributed by atoms with van der Waals surface area (Å²) in [7, 11) is 0. The molecule has 0 aliphatic heterocycles. The van der Waals surface area contributed by atoms with Crippen LogP contribution in [0, 0.1) is 0 Å². The molecule has 0 bridgehead atoms. The maximum atomic E-state index is 11.6. The van der Waals surface area contributed by atoms with Gasteiger partial charge < -0.3 is 0 Å². The van der Waals surface area contributed by atoms with E-state index in [9.17, 15) is 9.59 Å². The highest BCUT2D eigenvalue weighted by atomic mass is 16.1. The van der Waals surface area contributed by atoms with Gasteiger partial charge in [0, 0.05) is 11.1 Å². The van der Waals surface area contributed by atoms with E-state index in [1.807, 2.05) is 66.7 Å². The molecule has 0 aliphatic rings. The largest absolute Gasteiger partial charge is 0.298 e. The molecule has 0 saturated heterocycles. The first-order valence-electron chi connectivity index (χ1n) is 9.76. The fourth-order valence-electron chi connectivity index (χ4n) is 3.68. The van der Waals surface area contributed by atoms with Gasteiger partial charge >= 0.3 is 0 Å². The van der Waals surface area contributed by atoms with Crippen molar-refractivity contribution in [2.24, 2.45) is 0 Å². The van der Waals surface area contributed by atoms with E-state index in [1.54, 1.807) is 6.07 Å². The second-order valence-corrected chi connectivity index (χ2v) is 6.97. The number of hydrogen-bond donors (Lipinski definition) is 0. The quantitative estimate of drug-likeness (QED) is 0.286. The number of aldehydes is 2. The maximum Gasteiger partial charge on any atom is 0.150 e. The third kappa shape index (κ3) is 4.03. The topological polar surface area (TPSA) is 34.1 Å². The van der Waals surface area contributed by atoms with Gasteiger partial charge in [0.25, 0.3) is 0 Å². The summed E-state index contributed by atoms with van der Waals surface area (Å²) in [5.41, 5.74) is 6.93. The zero-order valence-corrected chi connectivity index (χ0v) is 16.4. The van der Waals surface area contributed by atoms with Gasteiger partial charge in [-0.1, -0.05) is 91.0 Å². The summed E-state index contributed by atoms with van der Waals surface area (Å²) < 4.78 is 0. The first kappa shape index (κ1) is 19.3. The average molecular weight is 388 g/mol. The molecule has 0 aromatic heterocycles. The van der Waals surface area contributed by atoms with Crippen LogP contribution in [0.2, 0.25) is 0 Å². The van der Waals surface area contributed by atoms with Crippen LogP contribution in [0.4, 0.5) is 0 Å². The lowest BCUT2D eigenvalue weighted by atomic mass is 9.85. The van der Waals surface area contributed by atoms with Gasteiger partial charge in [0.15, 0.2) is 0 Å². The molecule has 0 fully saturated rings. The Morgan fingerprint density at radius 3 is 1.10 bits per heavy atom. The predicted octanol–water partition coefficient (Wildman–Crippen LogP) is 6.32. The van der Waals surface area contributed by atoms with E-state index in [4.69, 9.17) is 0 Å². The van der Waals surface area contributed by atoms with E-state index >= 15 is 0 Å². The van der Waals surface area contributed by atoms with Crippen LogP contribution in [-0.4, -0.2) is 12.6 Å². The summed E-state index contributed by atoms with van der Waals surface area (Å²) >= 11 is 0. The van der Waals surface area contributed by atoms with E-state index < -0.39 is 0 Å². The molecule has 0 heterocycles. The summed E-state index contributed by atoms with van der Waals surface area (Å²) in [4.78, 5) is 23.1. The first-order chi connectivity index (χ1) is 14.8. The van der Waals surface area contributed by atoms with Crippen molar-refractivity contribution in [1.82, 2.24) is 0 Å². The fraction of sp³-hybridized carbons (Fsp3) is 0. The molecule has 4 aromatic rings. The van der Waals surface area contributed by atoms with Crippen LogP contribution in [0.15, 0.2) is 109 Å². The van der Waals surface area contributed by atoms with Crippen LogP contribution >= 0.6 is 0 Å². The molecule has 144 valence electrons. The van der Waals surface area contributed by atoms with Crippen molar-refractivity contribution in [1.29, 1.82) is 0 Å². The normalized spacial score (nSPS) is 10.3. The average Bonchev–Trinajstić information content (AvgIpc) is 2.83. The molecule has 0 spiro atoms. The molecule has 0 atom stereocenters. The molecule has 4 rings (SSSR count). The zero-order chi connectivity index (χ0) is 20.8. The minimum atomic E-state index is 0.475. The number of rotatable bonds is 6. The summed E-state index contributed by atoms with van der Waals surface area (Å²) in [6.45, 7) is 0. The lowest BCUT2D eigenvalue weighted by molar-refractivity contribution is 0.112. The van der Waals surface area contributed by atoms with Gasteiger partial charge in [-0.2, -0.15) is 0 Å². The second kappa shape index (κ2) is 8.97. The standard InChI is InChI=1S/C28H20O2/c29-19-21-16-22(20-30)18-26(17-21)28(25-14-8-3-9-15-25)27(23-10-4-1-5-11-23)24-12-6-2-7-13-24/h1-20H. The van der Waals surface area contributed by atoms with Crippen LogP contribution in [-0.2, 0) is 0 Å². The van der Waals surface area contributed by atoms with E-state index in [2.05, 4.69) is 36.4 Å². The van der Waals surface area contributed by atoms with Crippen LogP contribution < -0.4 is 0 Å². The molecule has 0 amide bonds. The predicted molar refractivity (Wildman–Crippen MR) is 122 cm³/mol. The van der Waals surface area contributed by atoms with Crippen LogP contribution in [0.25, 0.3) is 11.1 Å². The highest BCUT2D eigenvalue weighted by Gasteiger charge is 2.17. The molecule has 0 saturated carbocycles. The van der Waals surface area contributed by atoms with E-state index in [0.717, 1.165) is 46.0 Å². The van der Waals surface area contributed by atoms with Crippen molar-refractivity contribution >= 4 is 23.7 Å². The Bertz CT molecular complexity index is 1120. The Hall–Kier alpha value is -4.04. The van der Waals surface area contributed by atoms with Gasteiger partial charge in [0.1, 0.15) is 12.6 Å². The Morgan fingerprint density at radius 1 is 0.433 bits per heavy atom. The zero-order valence-electron chi connectivity index (χ0n) is 16.4. The van der Waals surface area contributed by atoms with Gasteiger partial charge in [-0.05, 0) is 51.6 Å². The number of carbonyl (C=O) groups excluding carboxylic acids is 2. The third-order valence-corrected chi connectivity index (χ3v) is 4.98. The Morgan fingerprint density at radius 2 is 0.767 bits per heavy atom. The number of carbonyl (C=O) groups is 2. The SMILES string of the molecule is O=Cc1cc(C=O)cc(C(=C(c2ccccc2)c2ccccc2)c2ccccc2)c1. The van der Waals surface area contributed by atoms with Gasteiger partial charge in [-0.25, -0.2) is 0 Å². The van der Waals surface area contributed by atoms with E-state index in [-0.39, 0.29) is 0 Å². The van der Waals surface area contributed by atoms with Crippen molar-refractivity contribution in [3.8, 4) is 0 Å². The summed E-state index contributed by atoms with van der Waals surface area (Å²) in [5, 5.41) is 0. The van der Waals surface area contributed by atoms with Gasteiger partial charge in [-0.3, -0.25) is 9.59 Å². The van der Waals surface area contributed by atoms with Crippen molar-refractivity contribution < 1.29 is 9.59 Å². The Labute approximate surface area is 176 Å². The van der Waals surface area contributed by atoms with Crippen molar-refractivity contribution in [3.05, 3.63) is 143 Å². The Kier molecular flexibility index (Phi) is 5.77. The fourth-order valence-corrected chi connectivity index (χ4v) is 3.68. The maximum absolute atomic E-state index is 11.6. The van der Waals surface area contributed by atoms with Gasteiger partial charge in [-0.15, -0.1) is 0 Å². The molecule has 0 radical (unpaired) electrons. The van der Waals surface area contributed by atoms with Gasteiger partial charge in [0.05, 0.1) is 0 Å². The minimum absolute atomic E-state index is 0.475. The van der Waals surface area contributed by atoms with Crippen LogP contribution in [0.1, 0.15) is 43.0 Å². The third-order valence-electron chi connectivity index (χ3n) is 4.98. The van der Waals surface area contributed by atoms with Crippen molar-refractivity contribution in [2.75, 3.05) is 0 Å². The highest BCUT2D eigenvalue weighted by molar-refractivity contribution is 6.05. The minimum Gasteiger partial charge on any atom is -0.298 e. The molecule has 2 heteroatoms. The first-order valence-corrected chi connectivity index (χ1v) is 9.76. The van der Waals surface area contributed by atoms with Crippen LogP contribution in [0.3, 0.4) is 0 Å². The molecule has 0 N–H and O–H groups in total. The summed E-state index contributed by atoms with van der Waals surface area (Å²) in [6.07, 6.45) is 1.56. The van der Waals surface area contributed by atoms with E-state index in [1.165, 1.54) is 0 Å². The number of benzene rings is 4.